The first-order valence-electron chi connectivity index (χ1n) is 6.57. The number of thiocarbonyl (C=S) groups is 1. The molecule has 0 aromatic heterocycles. The maximum atomic E-state index is 14.1. The molecule has 0 unspecified atom stereocenters. The number of nitrogens with zero attached hydrogens (tertiary/aromatic N) is 1. The van der Waals surface area contributed by atoms with Gasteiger partial charge < -0.3 is 10.6 Å². The third-order valence-electron chi connectivity index (χ3n) is 3.75. The molecule has 1 aliphatic rings. The van der Waals surface area contributed by atoms with E-state index in [0.29, 0.717) is 18.2 Å². The predicted molar refractivity (Wildman–Crippen MR) is 77.5 cm³/mol. The average Bonchev–Trinajstić information content (AvgIpc) is 2.32. The van der Waals surface area contributed by atoms with Gasteiger partial charge in [0.15, 0.2) is 11.6 Å². The average molecular weight is 284 g/mol. The molecule has 2 N–H and O–H groups in total. The summed E-state index contributed by atoms with van der Waals surface area (Å²) in [6.07, 6.45) is 3.58. The molecule has 0 spiro atoms. The summed E-state index contributed by atoms with van der Waals surface area (Å²) in [5.74, 6) is -1.21. The molecule has 5 heteroatoms. The van der Waals surface area contributed by atoms with Gasteiger partial charge in [0.05, 0.1) is 5.69 Å². The van der Waals surface area contributed by atoms with Gasteiger partial charge in [-0.1, -0.05) is 18.6 Å². The lowest BCUT2D eigenvalue weighted by Crippen LogP contribution is -2.33. The topological polar surface area (TPSA) is 29.3 Å². The van der Waals surface area contributed by atoms with Crippen LogP contribution in [0.3, 0.4) is 0 Å². The normalized spacial score (nSPS) is 15.1. The van der Waals surface area contributed by atoms with Crippen LogP contribution >= 0.6 is 12.2 Å². The summed E-state index contributed by atoms with van der Waals surface area (Å²) in [5.41, 5.74) is 5.63. The van der Waals surface area contributed by atoms with E-state index in [2.05, 4.69) is 0 Å². The van der Waals surface area contributed by atoms with Gasteiger partial charge in [-0.15, -0.1) is 0 Å². The van der Waals surface area contributed by atoms with Crippen LogP contribution in [0.25, 0.3) is 0 Å². The maximum Gasteiger partial charge on any atom is 0.182 e. The van der Waals surface area contributed by atoms with Gasteiger partial charge in [0.1, 0.15) is 4.99 Å². The van der Waals surface area contributed by atoms with E-state index in [9.17, 15) is 8.78 Å². The van der Waals surface area contributed by atoms with Crippen molar-refractivity contribution in [2.45, 2.75) is 26.2 Å². The highest BCUT2D eigenvalue weighted by Crippen LogP contribution is 2.31. The Morgan fingerprint density at radius 1 is 1.37 bits per heavy atom. The molecular formula is C14H18F2N2S. The Kier molecular flexibility index (Phi) is 4.34. The van der Waals surface area contributed by atoms with Crippen molar-refractivity contribution in [2.75, 3.05) is 18.0 Å². The standard InChI is InChI=1S/C14H18F2N2S/c1-2-18(8-9-4-3-5-9)11-7-6-10(14(17)19)12(15)13(11)16/h6-7,9H,2-5,8H2,1H3,(H2,17,19). The van der Waals surface area contributed by atoms with Crippen LogP contribution in [0.2, 0.25) is 0 Å². The van der Waals surface area contributed by atoms with E-state index in [0.717, 1.165) is 6.54 Å². The van der Waals surface area contributed by atoms with Crippen molar-refractivity contribution in [2.24, 2.45) is 11.7 Å². The highest BCUT2D eigenvalue weighted by molar-refractivity contribution is 7.80. The summed E-state index contributed by atoms with van der Waals surface area (Å²) in [6, 6.07) is 3.02. The molecule has 1 aliphatic carbocycles. The van der Waals surface area contributed by atoms with Gasteiger partial charge in [0.2, 0.25) is 0 Å². The van der Waals surface area contributed by atoms with E-state index in [1.54, 1.807) is 6.07 Å². The molecule has 0 radical (unpaired) electrons. The summed E-state index contributed by atoms with van der Waals surface area (Å²) in [4.78, 5) is 1.76. The summed E-state index contributed by atoms with van der Waals surface area (Å²) in [6.45, 7) is 3.37. The summed E-state index contributed by atoms with van der Waals surface area (Å²) in [7, 11) is 0. The highest BCUT2D eigenvalue weighted by Gasteiger charge is 2.23. The lowest BCUT2D eigenvalue weighted by molar-refractivity contribution is 0.317. The summed E-state index contributed by atoms with van der Waals surface area (Å²) >= 11 is 4.70. The lowest BCUT2D eigenvalue weighted by atomic mass is 9.85. The second-order valence-electron chi connectivity index (χ2n) is 4.96. The minimum Gasteiger partial charge on any atom is -0.389 e. The van der Waals surface area contributed by atoms with E-state index in [1.807, 2.05) is 11.8 Å². The second kappa shape index (κ2) is 5.82. The number of rotatable bonds is 5. The number of halogens is 2. The van der Waals surface area contributed by atoms with Crippen LogP contribution in [-0.2, 0) is 0 Å². The van der Waals surface area contributed by atoms with Crippen molar-refractivity contribution in [1.82, 2.24) is 0 Å². The van der Waals surface area contributed by atoms with Crippen molar-refractivity contribution in [3.8, 4) is 0 Å². The second-order valence-corrected chi connectivity index (χ2v) is 5.40. The molecule has 0 atom stereocenters. The molecule has 1 aromatic carbocycles. The van der Waals surface area contributed by atoms with Crippen LogP contribution in [0.1, 0.15) is 31.7 Å². The zero-order valence-electron chi connectivity index (χ0n) is 11.0. The van der Waals surface area contributed by atoms with Gasteiger partial charge in [-0.25, -0.2) is 8.78 Å². The first kappa shape index (κ1) is 14.2. The predicted octanol–water partition coefficient (Wildman–Crippen LogP) is 3.23. The summed E-state index contributed by atoms with van der Waals surface area (Å²) < 4.78 is 28.0. The van der Waals surface area contributed by atoms with Crippen LogP contribution in [0.5, 0.6) is 0 Å². The van der Waals surface area contributed by atoms with Gasteiger partial charge in [0, 0.05) is 18.7 Å². The van der Waals surface area contributed by atoms with Crippen molar-refractivity contribution < 1.29 is 8.78 Å². The van der Waals surface area contributed by atoms with E-state index in [4.69, 9.17) is 18.0 Å². The number of hydrogen-bond donors (Lipinski definition) is 1. The fourth-order valence-corrected chi connectivity index (χ4v) is 2.52. The van der Waals surface area contributed by atoms with Gasteiger partial charge in [-0.3, -0.25) is 0 Å². The van der Waals surface area contributed by atoms with E-state index in [1.165, 1.54) is 25.3 Å². The Hall–Kier alpha value is -1.23. The Labute approximate surface area is 117 Å². The van der Waals surface area contributed by atoms with Gasteiger partial charge >= 0.3 is 0 Å². The fraction of sp³-hybridized carbons (Fsp3) is 0.500. The summed E-state index contributed by atoms with van der Waals surface area (Å²) in [5, 5.41) is 0. The van der Waals surface area contributed by atoms with Crippen molar-refractivity contribution in [1.29, 1.82) is 0 Å². The van der Waals surface area contributed by atoms with Crippen LogP contribution in [0.15, 0.2) is 12.1 Å². The van der Waals surface area contributed by atoms with Crippen LogP contribution < -0.4 is 10.6 Å². The quantitative estimate of drug-likeness (QED) is 0.842. The lowest BCUT2D eigenvalue weighted by Gasteiger charge is -2.33. The molecule has 2 rings (SSSR count). The van der Waals surface area contributed by atoms with Crippen LogP contribution in [-0.4, -0.2) is 18.1 Å². The molecule has 0 saturated heterocycles. The maximum absolute atomic E-state index is 14.1. The number of benzene rings is 1. The van der Waals surface area contributed by atoms with Gasteiger partial charge in [-0.2, -0.15) is 0 Å². The zero-order chi connectivity index (χ0) is 14.0. The molecule has 1 fully saturated rings. The third kappa shape index (κ3) is 2.86. The minimum absolute atomic E-state index is 0.0315. The van der Waals surface area contributed by atoms with E-state index < -0.39 is 11.6 Å². The number of nitrogens with two attached hydrogens (primary N) is 1. The number of hydrogen-bond acceptors (Lipinski definition) is 2. The smallest absolute Gasteiger partial charge is 0.182 e. The monoisotopic (exact) mass is 284 g/mol. The van der Waals surface area contributed by atoms with Gasteiger partial charge in [-0.05, 0) is 37.8 Å². The highest BCUT2D eigenvalue weighted by atomic mass is 32.1. The molecule has 1 aromatic rings. The van der Waals surface area contributed by atoms with Crippen molar-refractivity contribution in [3.63, 3.8) is 0 Å². The number of anilines is 1. The molecule has 0 aliphatic heterocycles. The molecule has 0 heterocycles. The zero-order valence-corrected chi connectivity index (χ0v) is 11.8. The van der Waals surface area contributed by atoms with E-state index in [-0.39, 0.29) is 10.6 Å². The Morgan fingerprint density at radius 2 is 2.05 bits per heavy atom. The molecule has 1 saturated carbocycles. The Morgan fingerprint density at radius 3 is 2.53 bits per heavy atom. The van der Waals surface area contributed by atoms with Gasteiger partial charge in [0.25, 0.3) is 0 Å². The van der Waals surface area contributed by atoms with Crippen LogP contribution in [0, 0.1) is 17.6 Å². The molecular weight excluding hydrogens is 266 g/mol. The molecule has 0 bridgehead atoms. The van der Waals surface area contributed by atoms with Crippen molar-refractivity contribution in [3.05, 3.63) is 29.3 Å². The SMILES string of the molecule is CCN(CC1CCC1)c1ccc(C(N)=S)c(F)c1F. The van der Waals surface area contributed by atoms with Crippen molar-refractivity contribution >= 4 is 22.9 Å². The molecule has 0 amide bonds. The molecule has 104 valence electrons. The molecule has 19 heavy (non-hydrogen) atoms. The first-order valence-corrected chi connectivity index (χ1v) is 6.98. The molecule has 2 nitrogen and oxygen atoms in total. The Balaban J connectivity index is 2.27. The minimum atomic E-state index is -0.947. The largest absolute Gasteiger partial charge is 0.389 e. The fourth-order valence-electron chi connectivity index (χ4n) is 2.36. The first-order chi connectivity index (χ1) is 9.04. The third-order valence-corrected chi connectivity index (χ3v) is 3.97. The Bertz CT molecular complexity index is 487. The van der Waals surface area contributed by atoms with Crippen LogP contribution in [0.4, 0.5) is 14.5 Å². The van der Waals surface area contributed by atoms with E-state index >= 15 is 0 Å².